The summed E-state index contributed by atoms with van der Waals surface area (Å²) < 4.78 is 45.2. The number of hydrogen-bond acceptors (Lipinski definition) is 8. The Labute approximate surface area is 261 Å². The summed E-state index contributed by atoms with van der Waals surface area (Å²) in [5.41, 5.74) is 1.60. The Balaban J connectivity index is 1.45. The molecule has 4 aromatic rings. The van der Waals surface area contributed by atoms with Gasteiger partial charge in [0.2, 0.25) is 10.0 Å². The van der Waals surface area contributed by atoms with Gasteiger partial charge in [-0.2, -0.15) is 4.31 Å². The third-order valence-corrected chi connectivity index (χ3v) is 9.69. The standard InChI is InChI=1S/C32H36N4O8S/c1-20-17-36(21(2)19-37)31(38)26-6-5-7-27(34-32(39)33-23-8-13-28-22(16-23)14-15-43-28)30(26)44-29(20)18-35(3)45(40,41)25-11-9-24(42-4)10-12-25/h5-16,20-21,29,37H,17-19H2,1-4H3,(H2,33,34,39)/t20-,21+,29+/m1/s1. The van der Waals surface area contributed by atoms with Gasteiger partial charge >= 0.3 is 6.03 Å². The second-order valence-corrected chi connectivity index (χ2v) is 13.1. The molecule has 0 spiro atoms. The first-order chi connectivity index (χ1) is 21.5. The van der Waals surface area contributed by atoms with Crippen LogP contribution in [0.3, 0.4) is 0 Å². The van der Waals surface area contributed by atoms with Gasteiger partial charge in [-0.25, -0.2) is 13.2 Å². The number of fused-ring (bicyclic) bond motifs is 2. The molecule has 3 atom stereocenters. The summed E-state index contributed by atoms with van der Waals surface area (Å²) in [4.78, 5) is 28.5. The normalized spacial score (nSPS) is 17.6. The van der Waals surface area contributed by atoms with Crippen molar-refractivity contribution in [2.75, 3.05) is 44.5 Å². The van der Waals surface area contributed by atoms with Crippen LogP contribution in [0.15, 0.2) is 82.3 Å². The molecule has 13 heteroatoms. The first kappa shape index (κ1) is 31.8. The Morgan fingerprint density at radius 1 is 1.13 bits per heavy atom. The molecule has 0 bridgehead atoms. The number of hydrogen-bond donors (Lipinski definition) is 3. The number of nitrogens with zero attached hydrogens (tertiary/aromatic N) is 2. The Kier molecular flexibility index (Phi) is 9.32. The number of methoxy groups -OCH3 is 1. The monoisotopic (exact) mass is 636 g/mol. The quantitative estimate of drug-likeness (QED) is 0.241. The summed E-state index contributed by atoms with van der Waals surface area (Å²) in [6.07, 6.45) is 0.820. The zero-order chi connectivity index (χ0) is 32.3. The fourth-order valence-corrected chi connectivity index (χ4v) is 6.35. The SMILES string of the molecule is COc1ccc(S(=O)(=O)N(C)C[C@@H]2Oc3c(NC(=O)Nc4ccc5occc5c4)cccc3C(=O)N([C@@H](C)CO)C[C@H]2C)cc1. The molecule has 3 amide bonds. The van der Waals surface area contributed by atoms with Crippen molar-refractivity contribution in [3.63, 3.8) is 0 Å². The van der Waals surface area contributed by atoms with Crippen LogP contribution in [0.2, 0.25) is 0 Å². The summed E-state index contributed by atoms with van der Waals surface area (Å²) in [5, 5.41) is 16.3. The van der Waals surface area contributed by atoms with Crippen LogP contribution in [0, 0.1) is 5.92 Å². The van der Waals surface area contributed by atoms with Crippen LogP contribution in [-0.4, -0.2) is 80.7 Å². The number of urea groups is 1. The number of rotatable bonds is 9. The molecule has 0 saturated carbocycles. The molecular weight excluding hydrogens is 600 g/mol. The first-order valence-electron chi connectivity index (χ1n) is 14.4. The van der Waals surface area contributed by atoms with E-state index < -0.39 is 28.2 Å². The Hall–Kier alpha value is -4.59. The molecule has 12 nitrogen and oxygen atoms in total. The van der Waals surface area contributed by atoms with Crippen molar-refractivity contribution in [3.05, 3.63) is 78.6 Å². The fourth-order valence-electron chi connectivity index (χ4n) is 5.17. The van der Waals surface area contributed by atoms with E-state index in [0.29, 0.717) is 17.0 Å². The van der Waals surface area contributed by atoms with Gasteiger partial charge in [-0.05, 0) is 67.6 Å². The number of aliphatic hydroxyl groups is 1. The van der Waals surface area contributed by atoms with E-state index in [1.54, 1.807) is 72.7 Å². The minimum atomic E-state index is -3.91. The molecule has 1 aliphatic rings. The van der Waals surface area contributed by atoms with Crippen LogP contribution in [0.5, 0.6) is 11.5 Å². The van der Waals surface area contributed by atoms with Crippen molar-refractivity contribution in [1.82, 2.24) is 9.21 Å². The first-order valence-corrected chi connectivity index (χ1v) is 15.8. The molecule has 5 rings (SSSR count). The molecule has 0 radical (unpaired) electrons. The van der Waals surface area contributed by atoms with Crippen molar-refractivity contribution < 1.29 is 37.0 Å². The number of carbonyl (C=O) groups is 2. The Morgan fingerprint density at radius 2 is 1.89 bits per heavy atom. The molecule has 0 saturated heterocycles. The molecule has 2 heterocycles. The van der Waals surface area contributed by atoms with Crippen LogP contribution in [0.1, 0.15) is 24.2 Å². The lowest BCUT2D eigenvalue weighted by Crippen LogP contribution is -2.50. The zero-order valence-corrected chi connectivity index (χ0v) is 26.2. The van der Waals surface area contributed by atoms with Gasteiger partial charge in [-0.15, -0.1) is 0 Å². The van der Waals surface area contributed by atoms with Crippen LogP contribution >= 0.6 is 0 Å². The van der Waals surface area contributed by atoms with E-state index in [1.807, 2.05) is 6.92 Å². The van der Waals surface area contributed by atoms with Gasteiger partial charge in [0.05, 0.1) is 48.7 Å². The second-order valence-electron chi connectivity index (χ2n) is 11.0. The highest BCUT2D eigenvalue weighted by Crippen LogP contribution is 2.35. The third kappa shape index (κ3) is 6.75. The highest BCUT2D eigenvalue weighted by Gasteiger charge is 2.36. The lowest BCUT2D eigenvalue weighted by Gasteiger charge is -2.38. The average Bonchev–Trinajstić information content (AvgIpc) is 3.50. The summed E-state index contributed by atoms with van der Waals surface area (Å²) in [6.45, 7) is 3.45. The number of nitrogens with one attached hydrogen (secondary N) is 2. The van der Waals surface area contributed by atoms with E-state index >= 15 is 0 Å². The van der Waals surface area contributed by atoms with Crippen LogP contribution in [0.25, 0.3) is 11.0 Å². The number of sulfonamides is 1. The topological polar surface area (TPSA) is 151 Å². The lowest BCUT2D eigenvalue weighted by atomic mass is 9.99. The highest BCUT2D eigenvalue weighted by atomic mass is 32.2. The Morgan fingerprint density at radius 3 is 2.60 bits per heavy atom. The number of likely N-dealkylation sites (N-methyl/N-ethyl adjacent to an activating group) is 1. The van der Waals surface area contributed by atoms with Gasteiger partial charge in [0.1, 0.15) is 17.4 Å². The molecule has 1 aromatic heterocycles. The smallest absolute Gasteiger partial charge is 0.323 e. The summed E-state index contributed by atoms with van der Waals surface area (Å²) in [5.74, 6) is -0.123. The second kappa shape index (κ2) is 13.2. The molecule has 45 heavy (non-hydrogen) atoms. The van der Waals surface area contributed by atoms with E-state index in [4.69, 9.17) is 13.9 Å². The predicted octanol–water partition coefficient (Wildman–Crippen LogP) is 4.63. The van der Waals surface area contributed by atoms with Gasteiger partial charge in [-0.3, -0.25) is 4.79 Å². The minimum Gasteiger partial charge on any atom is -0.497 e. The van der Waals surface area contributed by atoms with Crippen LogP contribution < -0.4 is 20.1 Å². The summed E-state index contributed by atoms with van der Waals surface area (Å²) in [7, 11) is -0.954. The summed E-state index contributed by atoms with van der Waals surface area (Å²) in [6, 6.07) is 16.8. The highest BCUT2D eigenvalue weighted by molar-refractivity contribution is 7.89. The number of benzene rings is 3. The number of aliphatic hydroxyl groups excluding tert-OH is 1. The number of ether oxygens (including phenoxy) is 2. The van der Waals surface area contributed by atoms with Gasteiger partial charge in [0, 0.05) is 30.6 Å². The van der Waals surface area contributed by atoms with Gasteiger partial charge in [0.15, 0.2) is 5.75 Å². The number of furan rings is 1. The number of anilines is 2. The molecule has 0 fully saturated rings. The van der Waals surface area contributed by atoms with Crippen LogP contribution in [0.4, 0.5) is 16.2 Å². The number of amides is 3. The molecule has 3 aromatic carbocycles. The number of para-hydroxylation sites is 1. The summed E-state index contributed by atoms with van der Waals surface area (Å²) >= 11 is 0. The van der Waals surface area contributed by atoms with E-state index in [-0.39, 0.29) is 53.4 Å². The van der Waals surface area contributed by atoms with Gasteiger partial charge in [0.25, 0.3) is 5.91 Å². The van der Waals surface area contributed by atoms with Crippen molar-refractivity contribution in [2.45, 2.75) is 30.9 Å². The van der Waals surface area contributed by atoms with Gasteiger partial charge < -0.3 is 34.5 Å². The van der Waals surface area contributed by atoms with Crippen molar-refractivity contribution >= 4 is 44.3 Å². The maximum Gasteiger partial charge on any atom is 0.323 e. The minimum absolute atomic E-state index is 0.0598. The molecule has 0 aliphatic carbocycles. The van der Waals surface area contributed by atoms with E-state index in [9.17, 15) is 23.1 Å². The average molecular weight is 637 g/mol. The van der Waals surface area contributed by atoms with Crippen molar-refractivity contribution in [1.29, 1.82) is 0 Å². The molecule has 0 unspecified atom stereocenters. The van der Waals surface area contributed by atoms with E-state index in [0.717, 1.165) is 5.39 Å². The van der Waals surface area contributed by atoms with E-state index in [2.05, 4.69) is 10.6 Å². The van der Waals surface area contributed by atoms with Gasteiger partial charge in [-0.1, -0.05) is 13.0 Å². The lowest BCUT2D eigenvalue weighted by molar-refractivity contribution is 0.0389. The molecule has 1 aliphatic heterocycles. The fraction of sp³-hybridized carbons (Fsp3) is 0.312. The van der Waals surface area contributed by atoms with E-state index in [1.165, 1.54) is 30.6 Å². The Bertz CT molecular complexity index is 1790. The molecular formula is C32H36N4O8S. The van der Waals surface area contributed by atoms with Crippen LogP contribution in [-0.2, 0) is 10.0 Å². The largest absolute Gasteiger partial charge is 0.497 e. The zero-order valence-electron chi connectivity index (χ0n) is 25.4. The maximum atomic E-state index is 13.8. The maximum absolute atomic E-state index is 13.8. The molecule has 238 valence electrons. The number of carbonyl (C=O) groups excluding carboxylic acids is 2. The van der Waals surface area contributed by atoms with Crippen molar-refractivity contribution in [2.24, 2.45) is 5.92 Å². The predicted molar refractivity (Wildman–Crippen MR) is 169 cm³/mol. The van der Waals surface area contributed by atoms with Crippen molar-refractivity contribution in [3.8, 4) is 11.5 Å². The molecule has 3 N–H and O–H groups in total. The third-order valence-electron chi connectivity index (χ3n) is 7.85.